The fourth-order valence-corrected chi connectivity index (χ4v) is 2.35. The Bertz CT molecular complexity index is 397. The molecule has 1 aromatic rings. The number of aromatic hydroxyl groups is 1. The van der Waals surface area contributed by atoms with E-state index in [1.54, 1.807) is 0 Å². The van der Waals surface area contributed by atoms with E-state index in [1.165, 1.54) is 0 Å². The van der Waals surface area contributed by atoms with Crippen molar-refractivity contribution in [3.8, 4) is 5.75 Å². The van der Waals surface area contributed by atoms with Gasteiger partial charge in [-0.1, -0.05) is 24.3 Å². The molecular formula is C14H20N2O. The summed E-state index contributed by atoms with van der Waals surface area (Å²) in [7, 11) is 0. The number of phenols is 1. The molecule has 2 rings (SSSR count). The molecular weight excluding hydrogens is 212 g/mol. The van der Waals surface area contributed by atoms with Crippen LogP contribution in [0.1, 0.15) is 17.2 Å². The molecule has 1 fully saturated rings. The average Bonchev–Trinajstić information content (AvgIpc) is 2.37. The summed E-state index contributed by atoms with van der Waals surface area (Å²) in [5.41, 5.74) is 1.88. The van der Waals surface area contributed by atoms with Crippen molar-refractivity contribution in [2.75, 3.05) is 26.2 Å². The lowest BCUT2D eigenvalue weighted by Crippen LogP contribution is -2.44. The fraction of sp³-hybridized carbons (Fsp3) is 0.429. The van der Waals surface area contributed by atoms with Gasteiger partial charge >= 0.3 is 0 Å². The summed E-state index contributed by atoms with van der Waals surface area (Å²) in [4.78, 5) is 2.35. The lowest BCUT2D eigenvalue weighted by molar-refractivity contribution is 0.201. The van der Waals surface area contributed by atoms with Gasteiger partial charge in [-0.15, -0.1) is 6.58 Å². The van der Waals surface area contributed by atoms with E-state index in [1.807, 2.05) is 31.2 Å². The van der Waals surface area contributed by atoms with E-state index < -0.39 is 0 Å². The number of rotatable bonds is 3. The summed E-state index contributed by atoms with van der Waals surface area (Å²) >= 11 is 0. The third-order valence-corrected chi connectivity index (χ3v) is 3.36. The third-order valence-electron chi connectivity index (χ3n) is 3.36. The number of piperazine rings is 1. The van der Waals surface area contributed by atoms with Gasteiger partial charge in [0.05, 0.1) is 6.04 Å². The van der Waals surface area contributed by atoms with Crippen molar-refractivity contribution in [3.05, 3.63) is 42.0 Å². The molecule has 0 unspecified atom stereocenters. The number of para-hydroxylation sites is 1. The molecule has 0 radical (unpaired) electrons. The molecule has 2 N–H and O–H groups in total. The van der Waals surface area contributed by atoms with Crippen molar-refractivity contribution >= 4 is 0 Å². The predicted molar refractivity (Wildman–Crippen MR) is 70.2 cm³/mol. The topological polar surface area (TPSA) is 35.5 Å². The van der Waals surface area contributed by atoms with Crippen molar-refractivity contribution < 1.29 is 5.11 Å². The Labute approximate surface area is 103 Å². The number of nitrogens with zero attached hydrogens (tertiary/aromatic N) is 1. The van der Waals surface area contributed by atoms with Crippen molar-refractivity contribution in [2.45, 2.75) is 13.0 Å². The van der Waals surface area contributed by atoms with E-state index in [9.17, 15) is 5.11 Å². The highest BCUT2D eigenvalue weighted by Gasteiger charge is 2.22. The molecule has 3 heteroatoms. The van der Waals surface area contributed by atoms with E-state index in [0.29, 0.717) is 5.75 Å². The first-order valence-corrected chi connectivity index (χ1v) is 6.10. The van der Waals surface area contributed by atoms with Gasteiger partial charge in [0.25, 0.3) is 0 Å². The average molecular weight is 232 g/mol. The Morgan fingerprint density at radius 3 is 2.76 bits per heavy atom. The van der Waals surface area contributed by atoms with Crippen LogP contribution in [0.2, 0.25) is 0 Å². The van der Waals surface area contributed by atoms with Gasteiger partial charge in [-0.3, -0.25) is 4.90 Å². The first-order chi connectivity index (χ1) is 8.24. The molecule has 1 saturated heterocycles. The molecule has 1 aliphatic heterocycles. The number of nitrogens with one attached hydrogen (secondary N) is 1. The summed E-state index contributed by atoms with van der Waals surface area (Å²) in [6, 6.07) is 6.01. The second kappa shape index (κ2) is 5.34. The second-order valence-corrected chi connectivity index (χ2v) is 4.48. The Morgan fingerprint density at radius 1 is 1.41 bits per heavy atom. The zero-order chi connectivity index (χ0) is 12.3. The SMILES string of the molecule is C=C[C@@H](c1cccc(C)c1O)N1CCNCC1. The Balaban J connectivity index is 2.27. The zero-order valence-electron chi connectivity index (χ0n) is 10.3. The van der Waals surface area contributed by atoms with Gasteiger partial charge in [0.1, 0.15) is 5.75 Å². The highest BCUT2D eigenvalue weighted by molar-refractivity contribution is 5.42. The molecule has 1 atom stereocenters. The summed E-state index contributed by atoms with van der Waals surface area (Å²) in [6.45, 7) is 9.81. The van der Waals surface area contributed by atoms with Gasteiger partial charge in [-0.05, 0) is 12.5 Å². The standard InChI is InChI=1S/C14H20N2O/c1-3-13(16-9-7-15-8-10-16)12-6-4-5-11(2)14(12)17/h3-6,13,15,17H,1,7-10H2,2H3/t13-/m0/s1. The van der Waals surface area contributed by atoms with Gasteiger partial charge in [0.15, 0.2) is 0 Å². The van der Waals surface area contributed by atoms with Crippen molar-refractivity contribution in [1.82, 2.24) is 10.2 Å². The van der Waals surface area contributed by atoms with Gasteiger partial charge in [0.2, 0.25) is 0 Å². The maximum Gasteiger partial charge on any atom is 0.123 e. The molecule has 0 aliphatic carbocycles. The largest absolute Gasteiger partial charge is 0.507 e. The molecule has 0 spiro atoms. The van der Waals surface area contributed by atoms with Crippen molar-refractivity contribution in [1.29, 1.82) is 0 Å². The molecule has 1 heterocycles. The van der Waals surface area contributed by atoms with Crippen LogP contribution in [0.3, 0.4) is 0 Å². The fourth-order valence-electron chi connectivity index (χ4n) is 2.35. The molecule has 1 aliphatic rings. The maximum absolute atomic E-state index is 10.1. The quantitative estimate of drug-likeness (QED) is 0.781. The van der Waals surface area contributed by atoms with E-state index in [-0.39, 0.29) is 6.04 Å². The van der Waals surface area contributed by atoms with Crippen LogP contribution in [0.4, 0.5) is 0 Å². The van der Waals surface area contributed by atoms with Crippen LogP contribution in [0.25, 0.3) is 0 Å². The number of benzene rings is 1. The Morgan fingerprint density at radius 2 is 2.12 bits per heavy atom. The number of aryl methyl sites for hydroxylation is 1. The maximum atomic E-state index is 10.1. The third kappa shape index (κ3) is 2.51. The van der Waals surface area contributed by atoms with Crippen LogP contribution >= 0.6 is 0 Å². The van der Waals surface area contributed by atoms with E-state index in [0.717, 1.165) is 37.3 Å². The predicted octanol–water partition coefficient (Wildman–Crippen LogP) is 1.83. The highest BCUT2D eigenvalue weighted by atomic mass is 16.3. The minimum Gasteiger partial charge on any atom is -0.507 e. The van der Waals surface area contributed by atoms with Crippen LogP contribution in [-0.4, -0.2) is 36.2 Å². The van der Waals surface area contributed by atoms with Crippen LogP contribution in [-0.2, 0) is 0 Å². The molecule has 92 valence electrons. The highest BCUT2D eigenvalue weighted by Crippen LogP contribution is 2.31. The number of phenolic OH excluding ortho intramolecular Hbond substituents is 1. The summed E-state index contributed by atoms with van der Waals surface area (Å²) in [6.07, 6.45) is 1.92. The van der Waals surface area contributed by atoms with Crippen LogP contribution < -0.4 is 5.32 Å². The Hall–Kier alpha value is -1.32. The molecule has 0 saturated carbocycles. The van der Waals surface area contributed by atoms with E-state index in [2.05, 4.69) is 16.8 Å². The second-order valence-electron chi connectivity index (χ2n) is 4.48. The van der Waals surface area contributed by atoms with Gasteiger partial charge in [-0.2, -0.15) is 0 Å². The first-order valence-electron chi connectivity index (χ1n) is 6.10. The summed E-state index contributed by atoms with van der Waals surface area (Å²) in [5, 5.41) is 13.5. The van der Waals surface area contributed by atoms with Gasteiger partial charge in [-0.25, -0.2) is 0 Å². The molecule has 3 nitrogen and oxygen atoms in total. The van der Waals surface area contributed by atoms with E-state index >= 15 is 0 Å². The van der Waals surface area contributed by atoms with Gasteiger partial charge in [0, 0.05) is 31.7 Å². The minimum atomic E-state index is 0.108. The van der Waals surface area contributed by atoms with Crippen LogP contribution in [0.5, 0.6) is 5.75 Å². The minimum absolute atomic E-state index is 0.108. The lowest BCUT2D eigenvalue weighted by Gasteiger charge is -2.33. The van der Waals surface area contributed by atoms with Crippen molar-refractivity contribution in [2.24, 2.45) is 0 Å². The van der Waals surface area contributed by atoms with Crippen LogP contribution in [0.15, 0.2) is 30.9 Å². The molecule has 17 heavy (non-hydrogen) atoms. The smallest absolute Gasteiger partial charge is 0.123 e. The lowest BCUT2D eigenvalue weighted by atomic mass is 10.0. The Kier molecular flexibility index (Phi) is 3.82. The van der Waals surface area contributed by atoms with Crippen molar-refractivity contribution in [3.63, 3.8) is 0 Å². The van der Waals surface area contributed by atoms with E-state index in [4.69, 9.17) is 0 Å². The molecule has 1 aromatic carbocycles. The first kappa shape index (κ1) is 12.1. The molecule has 0 bridgehead atoms. The van der Waals surface area contributed by atoms with Crippen LogP contribution in [0, 0.1) is 6.92 Å². The number of hydrogen-bond acceptors (Lipinski definition) is 3. The summed E-state index contributed by atoms with van der Waals surface area (Å²) in [5.74, 6) is 0.399. The number of hydrogen-bond donors (Lipinski definition) is 2. The summed E-state index contributed by atoms with van der Waals surface area (Å²) < 4.78 is 0. The zero-order valence-corrected chi connectivity index (χ0v) is 10.3. The monoisotopic (exact) mass is 232 g/mol. The normalized spacial score (nSPS) is 18.9. The molecule has 0 amide bonds. The molecule has 0 aromatic heterocycles. The van der Waals surface area contributed by atoms with Gasteiger partial charge < -0.3 is 10.4 Å².